The molecule has 0 aliphatic carbocycles. The van der Waals surface area contributed by atoms with E-state index in [1.165, 1.54) is 11.5 Å². The molecule has 142 valence electrons. The van der Waals surface area contributed by atoms with Crippen molar-refractivity contribution in [1.82, 2.24) is 4.57 Å². The maximum absolute atomic E-state index is 12.8. The summed E-state index contributed by atoms with van der Waals surface area (Å²) in [6, 6.07) is 12.4. The second kappa shape index (κ2) is 6.64. The highest BCUT2D eigenvalue weighted by atomic mass is 16.5. The first-order chi connectivity index (χ1) is 13.3. The second-order valence-electron chi connectivity index (χ2n) is 6.99. The van der Waals surface area contributed by atoms with Gasteiger partial charge in [0.25, 0.3) is 5.56 Å². The van der Waals surface area contributed by atoms with E-state index in [0.717, 1.165) is 5.56 Å². The minimum atomic E-state index is -0.499. The molecule has 1 aromatic carbocycles. The van der Waals surface area contributed by atoms with Crippen LogP contribution in [0.25, 0.3) is 11.3 Å². The van der Waals surface area contributed by atoms with Gasteiger partial charge in [-0.25, -0.2) is 0 Å². The third-order valence-corrected chi connectivity index (χ3v) is 5.16. The smallest absolute Gasteiger partial charge is 0.312 e. The Hall–Kier alpha value is -3.41. The Labute approximate surface area is 161 Å². The van der Waals surface area contributed by atoms with Gasteiger partial charge in [0.05, 0.1) is 17.9 Å². The van der Waals surface area contributed by atoms with Crippen LogP contribution in [0.4, 0.5) is 0 Å². The monoisotopic (exact) mass is 377 g/mol. The SMILES string of the molecule is CC(=O)c1ccc(-c2ccc([C@@H]3CC(=O)Oc4cc(C)n(C)c(=O)c43)o2)cc1. The first-order valence-electron chi connectivity index (χ1n) is 8.97. The number of furan rings is 1. The predicted molar refractivity (Wildman–Crippen MR) is 103 cm³/mol. The topological polar surface area (TPSA) is 78.5 Å². The molecule has 0 radical (unpaired) electrons. The molecule has 0 saturated carbocycles. The molecule has 0 spiro atoms. The zero-order chi connectivity index (χ0) is 20.0. The number of rotatable bonds is 3. The Bertz CT molecular complexity index is 1150. The predicted octanol–water partition coefficient (Wildman–Crippen LogP) is 3.60. The summed E-state index contributed by atoms with van der Waals surface area (Å²) in [4.78, 5) is 36.3. The number of carbonyl (C=O) groups is 2. The molecule has 1 aliphatic rings. The summed E-state index contributed by atoms with van der Waals surface area (Å²) in [5.74, 6) is 0.537. The molecule has 0 saturated heterocycles. The minimum absolute atomic E-state index is 0.00449. The zero-order valence-electron chi connectivity index (χ0n) is 15.8. The molecule has 1 atom stereocenters. The quantitative estimate of drug-likeness (QED) is 0.515. The number of hydrogen-bond donors (Lipinski definition) is 0. The molecular weight excluding hydrogens is 358 g/mol. The zero-order valence-corrected chi connectivity index (χ0v) is 15.8. The van der Waals surface area contributed by atoms with E-state index in [1.807, 2.05) is 12.1 Å². The number of esters is 1. The van der Waals surface area contributed by atoms with E-state index >= 15 is 0 Å². The van der Waals surface area contributed by atoms with Crippen LogP contribution in [-0.4, -0.2) is 16.3 Å². The number of pyridine rings is 1. The fourth-order valence-corrected chi connectivity index (χ4v) is 3.46. The van der Waals surface area contributed by atoms with E-state index in [4.69, 9.17) is 9.15 Å². The third-order valence-electron chi connectivity index (χ3n) is 5.16. The molecule has 0 amide bonds. The Morgan fingerprint density at radius 3 is 2.50 bits per heavy atom. The lowest BCUT2D eigenvalue weighted by Crippen LogP contribution is -2.31. The van der Waals surface area contributed by atoms with E-state index in [1.54, 1.807) is 44.3 Å². The molecule has 28 heavy (non-hydrogen) atoms. The van der Waals surface area contributed by atoms with Crippen LogP contribution in [0.15, 0.2) is 51.7 Å². The van der Waals surface area contributed by atoms with Gasteiger partial charge in [-0.2, -0.15) is 0 Å². The van der Waals surface area contributed by atoms with Crippen LogP contribution < -0.4 is 10.3 Å². The van der Waals surface area contributed by atoms with Crippen molar-refractivity contribution in [2.75, 3.05) is 0 Å². The molecule has 0 fully saturated rings. The third kappa shape index (κ3) is 2.97. The fraction of sp³-hybridized carbons (Fsp3) is 0.227. The van der Waals surface area contributed by atoms with Crippen LogP contribution in [0, 0.1) is 6.92 Å². The molecule has 0 unspecified atom stereocenters. The van der Waals surface area contributed by atoms with Crippen LogP contribution in [0.1, 0.15) is 46.6 Å². The minimum Gasteiger partial charge on any atom is -0.460 e. The standard InChI is InChI=1S/C22H19NO5/c1-12-10-19-21(22(26)23(12)3)16(11-20(25)28-19)18-9-8-17(27-18)15-6-4-14(5-7-15)13(2)24/h4-10,16H,11H2,1-3H3/t16-/m0/s1. The van der Waals surface area contributed by atoms with Gasteiger partial charge in [-0.05, 0) is 26.0 Å². The van der Waals surface area contributed by atoms with Gasteiger partial charge < -0.3 is 13.7 Å². The summed E-state index contributed by atoms with van der Waals surface area (Å²) in [6.07, 6.45) is 0.0432. The van der Waals surface area contributed by atoms with Crippen LogP contribution in [0.3, 0.4) is 0 Å². The molecule has 2 aromatic heterocycles. The number of benzene rings is 1. The van der Waals surface area contributed by atoms with Crippen molar-refractivity contribution in [1.29, 1.82) is 0 Å². The molecule has 4 rings (SSSR count). The van der Waals surface area contributed by atoms with E-state index in [2.05, 4.69) is 0 Å². The van der Waals surface area contributed by atoms with Gasteiger partial charge in [-0.3, -0.25) is 14.4 Å². The van der Waals surface area contributed by atoms with E-state index < -0.39 is 11.9 Å². The number of nitrogens with zero attached hydrogens (tertiary/aromatic N) is 1. The molecule has 1 aliphatic heterocycles. The van der Waals surface area contributed by atoms with Gasteiger partial charge in [-0.1, -0.05) is 24.3 Å². The van der Waals surface area contributed by atoms with Crippen LogP contribution in [-0.2, 0) is 11.8 Å². The van der Waals surface area contributed by atoms with Crippen molar-refractivity contribution in [3.63, 3.8) is 0 Å². The maximum atomic E-state index is 12.8. The number of carbonyl (C=O) groups excluding carboxylic acids is 2. The van der Waals surface area contributed by atoms with Crippen molar-refractivity contribution in [2.24, 2.45) is 7.05 Å². The summed E-state index contributed by atoms with van der Waals surface area (Å²) in [5.41, 5.74) is 2.38. The maximum Gasteiger partial charge on any atom is 0.312 e. The summed E-state index contributed by atoms with van der Waals surface area (Å²) >= 11 is 0. The lowest BCUT2D eigenvalue weighted by atomic mass is 9.91. The highest BCUT2D eigenvalue weighted by Gasteiger charge is 2.34. The van der Waals surface area contributed by atoms with Crippen molar-refractivity contribution in [2.45, 2.75) is 26.2 Å². The van der Waals surface area contributed by atoms with Gasteiger partial charge >= 0.3 is 5.97 Å². The number of aryl methyl sites for hydroxylation is 1. The highest BCUT2D eigenvalue weighted by molar-refractivity contribution is 5.94. The van der Waals surface area contributed by atoms with Gasteiger partial charge in [0, 0.05) is 29.9 Å². The molecule has 3 aromatic rings. The summed E-state index contributed by atoms with van der Waals surface area (Å²) < 4.78 is 12.8. The summed E-state index contributed by atoms with van der Waals surface area (Å²) in [5, 5.41) is 0. The average molecular weight is 377 g/mol. The van der Waals surface area contributed by atoms with E-state index in [0.29, 0.717) is 34.1 Å². The van der Waals surface area contributed by atoms with Crippen molar-refractivity contribution < 1.29 is 18.7 Å². The molecular formula is C22H19NO5. The van der Waals surface area contributed by atoms with Crippen LogP contribution in [0.5, 0.6) is 5.75 Å². The first kappa shape index (κ1) is 18.0. The highest BCUT2D eigenvalue weighted by Crippen LogP contribution is 2.38. The first-order valence-corrected chi connectivity index (χ1v) is 8.97. The number of fused-ring (bicyclic) bond motifs is 1. The van der Waals surface area contributed by atoms with E-state index in [9.17, 15) is 14.4 Å². The fourth-order valence-electron chi connectivity index (χ4n) is 3.46. The number of ether oxygens (including phenoxy) is 1. The molecule has 0 bridgehead atoms. The van der Waals surface area contributed by atoms with Gasteiger partial charge in [0.1, 0.15) is 17.3 Å². The molecule has 6 heteroatoms. The van der Waals surface area contributed by atoms with Gasteiger partial charge in [0.15, 0.2) is 5.78 Å². The lowest BCUT2D eigenvalue weighted by molar-refractivity contribution is -0.135. The van der Waals surface area contributed by atoms with Crippen LogP contribution >= 0.6 is 0 Å². The Morgan fingerprint density at radius 2 is 1.82 bits per heavy atom. The largest absolute Gasteiger partial charge is 0.460 e. The number of hydrogen-bond acceptors (Lipinski definition) is 5. The molecule has 6 nitrogen and oxygen atoms in total. The van der Waals surface area contributed by atoms with Crippen molar-refractivity contribution in [3.05, 3.63) is 75.4 Å². The van der Waals surface area contributed by atoms with Gasteiger partial charge in [-0.15, -0.1) is 0 Å². The normalized spacial score (nSPS) is 15.8. The number of aromatic nitrogens is 1. The van der Waals surface area contributed by atoms with Crippen molar-refractivity contribution >= 4 is 11.8 Å². The Kier molecular flexibility index (Phi) is 4.26. The number of ketones is 1. The summed E-state index contributed by atoms with van der Waals surface area (Å²) in [6.45, 7) is 3.30. The Balaban J connectivity index is 1.76. The average Bonchev–Trinajstić information content (AvgIpc) is 3.15. The van der Waals surface area contributed by atoms with Gasteiger partial charge in [0.2, 0.25) is 0 Å². The molecule has 0 N–H and O–H groups in total. The van der Waals surface area contributed by atoms with Crippen molar-refractivity contribution in [3.8, 4) is 17.1 Å². The van der Waals surface area contributed by atoms with Crippen LogP contribution in [0.2, 0.25) is 0 Å². The number of Topliss-reactive ketones (excluding diaryl/α,β-unsaturated/α-hetero) is 1. The second-order valence-corrected chi connectivity index (χ2v) is 6.99. The summed E-state index contributed by atoms with van der Waals surface area (Å²) in [7, 11) is 1.69. The molecule has 3 heterocycles. The Morgan fingerprint density at radius 1 is 1.11 bits per heavy atom. The van der Waals surface area contributed by atoms with E-state index in [-0.39, 0.29) is 17.8 Å². The lowest BCUT2D eigenvalue weighted by Gasteiger charge is -2.23.